The van der Waals surface area contributed by atoms with Crippen molar-refractivity contribution in [2.24, 2.45) is 0 Å². The molecule has 0 aliphatic carbocycles. The summed E-state index contributed by atoms with van der Waals surface area (Å²) in [4.78, 5) is 4.07. The zero-order valence-electron chi connectivity index (χ0n) is 10.7. The third kappa shape index (κ3) is 4.43. The van der Waals surface area contributed by atoms with Crippen LogP contribution in [-0.2, 0) is 13.0 Å². The Hall–Kier alpha value is -1.73. The molecule has 0 bridgehead atoms. The van der Waals surface area contributed by atoms with Gasteiger partial charge < -0.3 is 14.6 Å². The second-order valence-corrected chi connectivity index (χ2v) is 3.82. The van der Waals surface area contributed by atoms with E-state index in [2.05, 4.69) is 15.5 Å². The second kappa shape index (κ2) is 7.76. The first-order valence-electron chi connectivity index (χ1n) is 5.73. The highest BCUT2D eigenvalue weighted by atomic mass is 35.5. The highest BCUT2D eigenvalue weighted by Gasteiger charge is 2.09. The highest BCUT2D eigenvalue weighted by Crippen LogP contribution is 2.18. The number of benzene rings is 1. The summed E-state index contributed by atoms with van der Waals surface area (Å²) in [5.74, 6) is -0.689. The number of likely N-dealkylation sites (N-methyl/N-ethyl adjacent to an activating group) is 1. The normalized spacial score (nSPS) is 10.2. The van der Waals surface area contributed by atoms with Crippen molar-refractivity contribution in [3.8, 4) is 5.75 Å². The Balaban J connectivity index is 0.00000200. The molecule has 1 heterocycles. The summed E-state index contributed by atoms with van der Waals surface area (Å²) in [5.41, 5.74) is 0. The molecular weight excluding hydrogens is 292 g/mol. The number of rotatable bonds is 6. The van der Waals surface area contributed by atoms with Crippen LogP contribution in [0, 0.1) is 11.6 Å². The molecular formula is C12H14ClF2N3O2. The van der Waals surface area contributed by atoms with Crippen LogP contribution in [0.4, 0.5) is 8.78 Å². The first-order chi connectivity index (χ1) is 9.19. The lowest BCUT2D eigenvalue weighted by Crippen LogP contribution is -2.11. The van der Waals surface area contributed by atoms with E-state index in [4.69, 9.17) is 9.26 Å². The Bertz CT molecular complexity index is 551. The van der Waals surface area contributed by atoms with Gasteiger partial charge in [0.25, 0.3) is 5.89 Å². The molecule has 20 heavy (non-hydrogen) atoms. The van der Waals surface area contributed by atoms with Crippen LogP contribution >= 0.6 is 12.4 Å². The molecule has 2 aromatic rings. The molecule has 0 atom stereocenters. The van der Waals surface area contributed by atoms with E-state index in [0.29, 0.717) is 12.2 Å². The molecule has 0 saturated carbocycles. The van der Waals surface area contributed by atoms with Gasteiger partial charge in [0.05, 0.1) is 0 Å². The van der Waals surface area contributed by atoms with Gasteiger partial charge in [-0.15, -0.1) is 12.4 Å². The Morgan fingerprint density at radius 1 is 1.35 bits per heavy atom. The van der Waals surface area contributed by atoms with E-state index in [-0.39, 0.29) is 30.7 Å². The average Bonchev–Trinajstić information content (AvgIpc) is 2.83. The SMILES string of the molecule is CNCCc1noc(COc2ccc(F)cc2F)n1.Cl. The summed E-state index contributed by atoms with van der Waals surface area (Å²) in [6, 6.07) is 3.08. The zero-order valence-corrected chi connectivity index (χ0v) is 11.5. The zero-order chi connectivity index (χ0) is 13.7. The Labute approximate surface area is 120 Å². The van der Waals surface area contributed by atoms with E-state index in [0.717, 1.165) is 18.7 Å². The highest BCUT2D eigenvalue weighted by molar-refractivity contribution is 5.85. The lowest BCUT2D eigenvalue weighted by Gasteiger charge is -2.03. The molecule has 0 radical (unpaired) electrons. The van der Waals surface area contributed by atoms with Crippen LogP contribution in [0.25, 0.3) is 0 Å². The van der Waals surface area contributed by atoms with Gasteiger partial charge in [-0.1, -0.05) is 5.16 Å². The van der Waals surface area contributed by atoms with Gasteiger partial charge in [0.1, 0.15) is 5.82 Å². The first-order valence-corrected chi connectivity index (χ1v) is 5.73. The summed E-state index contributed by atoms with van der Waals surface area (Å²) in [7, 11) is 1.82. The van der Waals surface area contributed by atoms with E-state index in [1.165, 1.54) is 6.07 Å². The molecule has 1 N–H and O–H groups in total. The Kier molecular flexibility index (Phi) is 6.33. The quantitative estimate of drug-likeness (QED) is 0.886. The third-order valence-corrected chi connectivity index (χ3v) is 2.35. The number of hydrogen-bond acceptors (Lipinski definition) is 5. The number of nitrogens with one attached hydrogen (secondary N) is 1. The van der Waals surface area contributed by atoms with Crippen molar-refractivity contribution in [1.82, 2.24) is 15.5 Å². The van der Waals surface area contributed by atoms with E-state index in [1.54, 1.807) is 0 Å². The van der Waals surface area contributed by atoms with Gasteiger partial charge in [-0.2, -0.15) is 4.98 Å². The largest absolute Gasteiger partial charge is 0.481 e. The Morgan fingerprint density at radius 2 is 2.15 bits per heavy atom. The molecule has 110 valence electrons. The van der Waals surface area contributed by atoms with Gasteiger partial charge in [-0.3, -0.25) is 0 Å². The minimum Gasteiger partial charge on any atom is -0.481 e. The van der Waals surface area contributed by atoms with E-state index >= 15 is 0 Å². The number of halogens is 3. The number of nitrogens with zero attached hydrogens (tertiary/aromatic N) is 2. The minimum atomic E-state index is -0.769. The molecule has 0 aliphatic rings. The Morgan fingerprint density at radius 3 is 2.85 bits per heavy atom. The maximum absolute atomic E-state index is 13.3. The van der Waals surface area contributed by atoms with Crippen molar-refractivity contribution in [2.45, 2.75) is 13.0 Å². The fourth-order valence-corrected chi connectivity index (χ4v) is 1.42. The van der Waals surface area contributed by atoms with Crippen molar-refractivity contribution in [1.29, 1.82) is 0 Å². The van der Waals surface area contributed by atoms with Crippen molar-refractivity contribution >= 4 is 12.4 Å². The fraction of sp³-hybridized carbons (Fsp3) is 0.333. The van der Waals surface area contributed by atoms with Crippen LogP contribution in [-0.4, -0.2) is 23.7 Å². The van der Waals surface area contributed by atoms with Gasteiger partial charge in [-0.25, -0.2) is 8.78 Å². The smallest absolute Gasteiger partial charge is 0.264 e. The molecule has 0 saturated heterocycles. The monoisotopic (exact) mass is 305 g/mol. The molecule has 8 heteroatoms. The lowest BCUT2D eigenvalue weighted by molar-refractivity contribution is 0.233. The van der Waals surface area contributed by atoms with Crippen LogP contribution in [0.5, 0.6) is 5.75 Å². The van der Waals surface area contributed by atoms with E-state index in [9.17, 15) is 8.78 Å². The summed E-state index contributed by atoms with van der Waals surface area (Å²) < 4.78 is 36.1. The number of ether oxygens (including phenoxy) is 1. The molecule has 1 aromatic heterocycles. The number of hydrogen-bond donors (Lipinski definition) is 1. The summed E-state index contributed by atoms with van der Waals surface area (Å²) in [5, 5.41) is 6.70. The van der Waals surface area contributed by atoms with Crippen LogP contribution in [0.2, 0.25) is 0 Å². The topological polar surface area (TPSA) is 60.2 Å². The van der Waals surface area contributed by atoms with Gasteiger partial charge in [0.15, 0.2) is 24.0 Å². The van der Waals surface area contributed by atoms with E-state index < -0.39 is 11.6 Å². The summed E-state index contributed by atoms with van der Waals surface area (Å²) >= 11 is 0. The first kappa shape index (κ1) is 16.3. The van der Waals surface area contributed by atoms with Crippen molar-refractivity contribution in [3.05, 3.63) is 41.5 Å². The summed E-state index contributed by atoms with van der Waals surface area (Å²) in [6.45, 7) is 0.668. The summed E-state index contributed by atoms with van der Waals surface area (Å²) in [6.07, 6.45) is 0.630. The van der Waals surface area contributed by atoms with Crippen LogP contribution in [0.15, 0.2) is 22.7 Å². The molecule has 0 amide bonds. The molecule has 0 spiro atoms. The van der Waals surface area contributed by atoms with Gasteiger partial charge in [0.2, 0.25) is 0 Å². The number of aromatic nitrogens is 2. The van der Waals surface area contributed by atoms with Gasteiger partial charge >= 0.3 is 0 Å². The lowest BCUT2D eigenvalue weighted by atomic mass is 10.3. The van der Waals surface area contributed by atoms with Crippen molar-refractivity contribution < 1.29 is 18.0 Å². The third-order valence-electron chi connectivity index (χ3n) is 2.35. The van der Waals surface area contributed by atoms with Crippen LogP contribution < -0.4 is 10.1 Å². The molecule has 2 rings (SSSR count). The molecule has 0 aliphatic heterocycles. The maximum atomic E-state index is 13.3. The average molecular weight is 306 g/mol. The predicted molar refractivity (Wildman–Crippen MR) is 69.9 cm³/mol. The standard InChI is InChI=1S/C12H13F2N3O2.ClH/c1-15-5-4-11-16-12(19-17-11)7-18-10-3-2-8(13)6-9(10)14;/h2-3,6,15H,4-5,7H2,1H3;1H. The van der Waals surface area contributed by atoms with Crippen LogP contribution in [0.3, 0.4) is 0 Å². The molecule has 1 aromatic carbocycles. The van der Waals surface area contributed by atoms with Crippen LogP contribution in [0.1, 0.15) is 11.7 Å². The van der Waals surface area contributed by atoms with Gasteiger partial charge in [0, 0.05) is 19.0 Å². The maximum Gasteiger partial charge on any atom is 0.264 e. The van der Waals surface area contributed by atoms with Crippen molar-refractivity contribution in [2.75, 3.05) is 13.6 Å². The van der Waals surface area contributed by atoms with E-state index in [1.807, 2.05) is 7.05 Å². The molecule has 0 unspecified atom stereocenters. The second-order valence-electron chi connectivity index (χ2n) is 3.82. The predicted octanol–water partition coefficient (Wildman–Crippen LogP) is 2.11. The fourth-order valence-electron chi connectivity index (χ4n) is 1.42. The van der Waals surface area contributed by atoms with Gasteiger partial charge in [-0.05, 0) is 19.2 Å². The van der Waals surface area contributed by atoms with Crippen molar-refractivity contribution in [3.63, 3.8) is 0 Å². The molecule has 5 nitrogen and oxygen atoms in total. The minimum absolute atomic E-state index is 0. The molecule has 0 fully saturated rings.